The molecule has 0 unspecified atom stereocenters. The fraction of sp³-hybridized carbons (Fsp3) is 0.0455. The fourth-order valence-corrected chi connectivity index (χ4v) is 3.10. The third kappa shape index (κ3) is 3.19. The summed E-state index contributed by atoms with van der Waals surface area (Å²) in [6.07, 6.45) is 0. The summed E-state index contributed by atoms with van der Waals surface area (Å²) < 4.78 is 11.0. The molecule has 1 aliphatic heterocycles. The van der Waals surface area contributed by atoms with Gasteiger partial charge < -0.3 is 14.6 Å². The van der Waals surface area contributed by atoms with Crippen LogP contribution in [0.3, 0.4) is 0 Å². The van der Waals surface area contributed by atoms with E-state index in [2.05, 4.69) is 0 Å². The highest BCUT2D eigenvalue weighted by atomic mass is 16.5. The van der Waals surface area contributed by atoms with E-state index in [0.717, 1.165) is 4.90 Å². The highest BCUT2D eigenvalue weighted by Crippen LogP contribution is 2.33. The molecule has 0 radical (unpaired) electrons. The zero-order valence-corrected chi connectivity index (χ0v) is 15.3. The summed E-state index contributed by atoms with van der Waals surface area (Å²) in [6.45, 7) is 0. The Kier molecular flexibility index (Phi) is 4.48. The van der Waals surface area contributed by atoms with Crippen molar-refractivity contribution in [1.82, 2.24) is 0 Å². The summed E-state index contributed by atoms with van der Waals surface area (Å²) in [6, 6.07) is 17.5. The van der Waals surface area contributed by atoms with E-state index in [4.69, 9.17) is 14.6 Å². The van der Waals surface area contributed by atoms with Crippen molar-refractivity contribution in [3.05, 3.63) is 83.4 Å². The van der Waals surface area contributed by atoms with E-state index in [0.29, 0.717) is 22.9 Å². The van der Waals surface area contributed by atoms with Gasteiger partial charge in [-0.3, -0.25) is 9.59 Å². The molecule has 1 heterocycles. The molecule has 7 heteroatoms. The van der Waals surface area contributed by atoms with Crippen LogP contribution in [0.2, 0.25) is 0 Å². The molecule has 0 fully saturated rings. The normalized spacial score (nSPS) is 12.7. The molecule has 144 valence electrons. The lowest BCUT2D eigenvalue weighted by Crippen LogP contribution is -2.29. The number of hydrogen-bond acceptors (Lipinski definition) is 5. The van der Waals surface area contributed by atoms with Crippen LogP contribution in [0.15, 0.2) is 66.7 Å². The molecule has 0 bridgehead atoms. The van der Waals surface area contributed by atoms with Crippen LogP contribution in [0.25, 0.3) is 0 Å². The number of para-hydroxylation sites is 2. The maximum Gasteiger partial charge on any atom is 0.335 e. The van der Waals surface area contributed by atoms with E-state index in [1.807, 2.05) is 12.1 Å². The second-order valence-corrected chi connectivity index (χ2v) is 6.26. The number of anilines is 1. The Morgan fingerprint density at radius 3 is 2.17 bits per heavy atom. The predicted octanol–water partition coefficient (Wildman–Crippen LogP) is 3.99. The zero-order valence-electron chi connectivity index (χ0n) is 15.3. The maximum atomic E-state index is 12.7. The molecular weight excluding hydrogens is 374 g/mol. The maximum absolute atomic E-state index is 12.7. The highest BCUT2D eigenvalue weighted by molar-refractivity contribution is 6.34. The number of carboxylic acid groups (broad SMARTS) is 1. The van der Waals surface area contributed by atoms with Crippen molar-refractivity contribution in [2.75, 3.05) is 12.0 Å². The van der Waals surface area contributed by atoms with Gasteiger partial charge in [0.1, 0.15) is 5.75 Å². The molecule has 3 aromatic carbocycles. The number of hydrogen-bond donors (Lipinski definition) is 1. The number of amides is 2. The first-order chi connectivity index (χ1) is 14.0. The van der Waals surface area contributed by atoms with Crippen molar-refractivity contribution < 1.29 is 29.0 Å². The zero-order chi connectivity index (χ0) is 20.5. The summed E-state index contributed by atoms with van der Waals surface area (Å²) in [5.74, 6) is -0.616. The SMILES string of the molecule is COc1ccccc1Oc1ccc(N2C(=O)c3ccc(C(=O)O)cc3C2=O)cc1. The van der Waals surface area contributed by atoms with Gasteiger partial charge in [0.15, 0.2) is 11.5 Å². The molecule has 29 heavy (non-hydrogen) atoms. The van der Waals surface area contributed by atoms with Crippen LogP contribution in [0.5, 0.6) is 17.2 Å². The van der Waals surface area contributed by atoms with E-state index < -0.39 is 17.8 Å². The number of aromatic carboxylic acids is 1. The Morgan fingerprint density at radius 1 is 0.862 bits per heavy atom. The van der Waals surface area contributed by atoms with E-state index in [1.165, 1.54) is 18.2 Å². The van der Waals surface area contributed by atoms with Crippen molar-refractivity contribution in [2.45, 2.75) is 0 Å². The Balaban J connectivity index is 1.60. The lowest BCUT2D eigenvalue weighted by molar-refractivity contribution is 0.0696. The van der Waals surface area contributed by atoms with E-state index >= 15 is 0 Å². The Morgan fingerprint density at radius 2 is 1.52 bits per heavy atom. The minimum Gasteiger partial charge on any atom is -0.493 e. The summed E-state index contributed by atoms with van der Waals surface area (Å²) in [4.78, 5) is 37.5. The van der Waals surface area contributed by atoms with Crippen molar-refractivity contribution in [3.63, 3.8) is 0 Å². The van der Waals surface area contributed by atoms with Gasteiger partial charge in [-0.15, -0.1) is 0 Å². The van der Waals surface area contributed by atoms with Crippen molar-refractivity contribution >= 4 is 23.5 Å². The summed E-state index contributed by atoms with van der Waals surface area (Å²) in [5.41, 5.74) is 0.561. The van der Waals surface area contributed by atoms with Gasteiger partial charge in [0, 0.05) is 0 Å². The molecule has 0 aromatic heterocycles. The van der Waals surface area contributed by atoms with Crippen LogP contribution in [0.1, 0.15) is 31.1 Å². The molecule has 0 atom stereocenters. The van der Waals surface area contributed by atoms with Crippen molar-refractivity contribution in [2.24, 2.45) is 0 Å². The second kappa shape index (κ2) is 7.12. The first kappa shape index (κ1) is 18.2. The van der Waals surface area contributed by atoms with E-state index in [-0.39, 0.29) is 16.7 Å². The standard InChI is InChI=1S/C22H15NO6/c1-28-18-4-2-3-5-19(18)29-15-9-7-14(8-10-15)23-20(24)16-11-6-13(22(26)27)12-17(16)21(23)25/h2-12H,1H3,(H,26,27). The topological polar surface area (TPSA) is 93.1 Å². The van der Waals surface area contributed by atoms with Gasteiger partial charge in [-0.05, 0) is 54.6 Å². The van der Waals surface area contributed by atoms with Crippen LogP contribution in [-0.4, -0.2) is 30.0 Å². The number of imide groups is 1. The molecule has 0 saturated heterocycles. The van der Waals surface area contributed by atoms with Gasteiger partial charge in [-0.2, -0.15) is 0 Å². The monoisotopic (exact) mass is 389 g/mol. The molecular formula is C22H15NO6. The van der Waals surface area contributed by atoms with Gasteiger partial charge in [0.05, 0.1) is 29.5 Å². The largest absolute Gasteiger partial charge is 0.493 e. The molecule has 4 rings (SSSR count). The van der Waals surface area contributed by atoms with Crippen molar-refractivity contribution in [1.29, 1.82) is 0 Å². The van der Waals surface area contributed by atoms with Gasteiger partial charge in [-0.25, -0.2) is 9.69 Å². The smallest absolute Gasteiger partial charge is 0.335 e. The number of ether oxygens (including phenoxy) is 2. The summed E-state index contributed by atoms with van der Waals surface area (Å²) in [5, 5.41) is 9.11. The van der Waals surface area contributed by atoms with Gasteiger partial charge >= 0.3 is 5.97 Å². The third-order valence-corrected chi connectivity index (χ3v) is 4.53. The fourth-order valence-electron chi connectivity index (χ4n) is 3.10. The highest BCUT2D eigenvalue weighted by Gasteiger charge is 2.37. The van der Waals surface area contributed by atoms with Crippen LogP contribution >= 0.6 is 0 Å². The van der Waals surface area contributed by atoms with Gasteiger partial charge in [0.25, 0.3) is 11.8 Å². The molecule has 0 saturated carbocycles. The lowest BCUT2D eigenvalue weighted by atomic mass is 10.1. The first-order valence-electron chi connectivity index (χ1n) is 8.66. The number of rotatable bonds is 5. The predicted molar refractivity (Wildman–Crippen MR) is 104 cm³/mol. The number of carbonyl (C=O) groups excluding carboxylic acids is 2. The Hall–Kier alpha value is -4.13. The van der Waals surface area contributed by atoms with Crippen LogP contribution in [-0.2, 0) is 0 Å². The molecule has 7 nitrogen and oxygen atoms in total. The summed E-state index contributed by atoms with van der Waals surface area (Å²) in [7, 11) is 1.54. The average molecular weight is 389 g/mol. The first-order valence-corrected chi connectivity index (χ1v) is 8.66. The molecule has 1 aliphatic rings. The number of fused-ring (bicyclic) bond motifs is 1. The minimum absolute atomic E-state index is 0.0488. The van der Waals surface area contributed by atoms with Crippen LogP contribution < -0.4 is 14.4 Å². The molecule has 0 spiro atoms. The average Bonchev–Trinajstić information content (AvgIpc) is 2.99. The van der Waals surface area contributed by atoms with E-state index in [1.54, 1.807) is 43.5 Å². The Bertz CT molecular complexity index is 1140. The van der Waals surface area contributed by atoms with Crippen LogP contribution in [0.4, 0.5) is 5.69 Å². The number of benzene rings is 3. The van der Waals surface area contributed by atoms with Gasteiger partial charge in [-0.1, -0.05) is 12.1 Å². The van der Waals surface area contributed by atoms with E-state index in [9.17, 15) is 14.4 Å². The van der Waals surface area contributed by atoms with Crippen LogP contribution in [0, 0.1) is 0 Å². The Labute approximate surface area is 165 Å². The van der Waals surface area contributed by atoms with Gasteiger partial charge in [0.2, 0.25) is 0 Å². The quantitative estimate of drug-likeness (QED) is 0.664. The molecule has 3 aromatic rings. The lowest BCUT2D eigenvalue weighted by Gasteiger charge is -2.15. The minimum atomic E-state index is -1.16. The number of methoxy groups -OCH3 is 1. The molecule has 0 aliphatic carbocycles. The van der Waals surface area contributed by atoms with Crippen molar-refractivity contribution in [3.8, 4) is 17.2 Å². The molecule has 2 amide bonds. The summed E-state index contributed by atoms with van der Waals surface area (Å²) >= 11 is 0. The molecule has 1 N–H and O–H groups in total. The second-order valence-electron chi connectivity index (χ2n) is 6.26. The number of nitrogens with zero attached hydrogens (tertiary/aromatic N) is 1. The number of carbonyl (C=O) groups is 3. The third-order valence-electron chi connectivity index (χ3n) is 4.53. The number of carboxylic acids is 1.